The molecule has 0 amide bonds. The maximum absolute atomic E-state index is 4.24. The highest BCUT2D eigenvalue weighted by Gasteiger charge is 2.16. The van der Waals surface area contributed by atoms with Crippen LogP contribution in [-0.4, -0.2) is 30.4 Å². The zero-order valence-electron chi connectivity index (χ0n) is 5.68. The molecule has 46 valence electrons. The van der Waals surface area contributed by atoms with Crippen molar-refractivity contribution in [3.63, 3.8) is 0 Å². The van der Waals surface area contributed by atoms with E-state index in [1.54, 1.807) is 0 Å². The summed E-state index contributed by atoms with van der Waals surface area (Å²) < 4.78 is 0. The minimum atomic E-state index is 0.565. The van der Waals surface area contributed by atoms with Crippen LogP contribution in [0.3, 0.4) is 0 Å². The van der Waals surface area contributed by atoms with E-state index in [-0.39, 0.29) is 0 Å². The molecule has 0 saturated carbocycles. The largest absolute Gasteiger partial charge is 0.280 e. The molecule has 1 heterocycles. The average Bonchev–Trinajstić information content (AvgIpc) is 1.98. The zero-order valence-corrected chi connectivity index (χ0v) is 5.68. The smallest absolute Gasteiger partial charge is 0.0912 e. The highest BCUT2D eigenvalue weighted by molar-refractivity contribution is 5.88. The molecule has 0 aromatic heterocycles. The van der Waals surface area contributed by atoms with Crippen LogP contribution in [0, 0.1) is 0 Å². The van der Waals surface area contributed by atoms with E-state index < -0.39 is 0 Å². The van der Waals surface area contributed by atoms with Crippen molar-refractivity contribution in [2.24, 2.45) is 4.99 Å². The average molecular weight is 112 g/mol. The molecule has 1 unspecified atom stereocenters. The first-order valence-electron chi connectivity index (χ1n) is 2.93. The molecule has 2 nitrogen and oxygen atoms in total. The standard InChI is InChI=1S/C6H12N2/c1-5-6(2)8(3)4-7-5/h6H,4H2,1-3H3. The van der Waals surface area contributed by atoms with Crippen molar-refractivity contribution in [2.75, 3.05) is 13.7 Å². The van der Waals surface area contributed by atoms with E-state index in [1.165, 1.54) is 5.71 Å². The second-order valence-corrected chi connectivity index (χ2v) is 2.37. The Labute approximate surface area is 50.2 Å². The highest BCUT2D eigenvalue weighted by Crippen LogP contribution is 2.05. The van der Waals surface area contributed by atoms with Gasteiger partial charge in [0.1, 0.15) is 0 Å². The molecule has 2 heteroatoms. The van der Waals surface area contributed by atoms with E-state index in [1.807, 2.05) is 0 Å². The van der Waals surface area contributed by atoms with Gasteiger partial charge in [-0.2, -0.15) is 0 Å². The van der Waals surface area contributed by atoms with Gasteiger partial charge in [0.15, 0.2) is 0 Å². The van der Waals surface area contributed by atoms with Gasteiger partial charge in [-0.1, -0.05) is 0 Å². The lowest BCUT2D eigenvalue weighted by atomic mass is 10.2. The summed E-state index contributed by atoms with van der Waals surface area (Å²) in [6.07, 6.45) is 0. The van der Waals surface area contributed by atoms with Crippen LogP contribution in [0.25, 0.3) is 0 Å². The van der Waals surface area contributed by atoms with Gasteiger partial charge < -0.3 is 0 Å². The third kappa shape index (κ3) is 0.757. The predicted molar refractivity (Wildman–Crippen MR) is 35.2 cm³/mol. The maximum Gasteiger partial charge on any atom is 0.0912 e. The fourth-order valence-electron chi connectivity index (χ4n) is 0.797. The number of aliphatic imine (C=N–C) groups is 1. The van der Waals surface area contributed by atoms with Crippen LogP contribution in [0.4, 0.5) is 0 Å². The lowest BCUT2D eigenvalue weighted by molar-refractivity contribution is 0.348. The molecule has 0 saturated heterocycles. The molecule has 0 radical (unpaired) electrons. The molecular weight excluding hydrogens is 100 g/mol. The fraction of sp³-hybridized carbons (Fsp3) is 0.833. The Bertz CT molecular complexity index is 118. The van der Waals surface area contributed by atoms with E-state index in [2.05, 4.69) is 30.8 Å². The minimum Gasteiger partial charge on any atom is -0.280 e. The molecule has 0 spiro atoms. The van der Waals surface area contributed by atoms with Gasteiger partial charge in [0.2, 0.25) is 0 Å². The second kappa shape index (κ2) is 1.86. The fourth-order valence-corrected chi connectivity index (χ4v) is 0.797. The summed E-state index contributed by atoms with van der Waals surface area (Å²) in [6.45, 7) is 5.13. The van der Waals surface area contributed by atoms with Crippen molar-refractivity contribution in [1.82, 2.24) is 4.90 Å². The number of hydrogen-bond donors (Lipinski definition) is 0. The first-order valence-corrected chi connectivity index (χ1v) is 2.93. The van der Waals surface area contributed by atoms with Crippen molar-refractivity contribution < 1.29 is 0 Å². The Morgan fingerprint density at radius 2 is 2.38 bits per heavy atom. The molecule has 1 aliphatic rings. The first-order chi connectivity index (χ1) is 3.72. The Hall–Kier alpha value is -0.370. The SMILES string of the molecule is CC1=NCN(C)C1C. The summed E-state index contributed by atoms with van der Waals surface area (Å²) in [6, 6.07) is 0.565. The van der Waals surface area contributed by atoms with Crippen molar-refractivity contribution in [2.45, 2.75) is 19.9 Å². The molecule has 8 heavy (non-hydrogen) atoms. The molecular formula is C6H12N2. The molecule has 1 atom stereocenters. The summed E-state index contributed by atoms with van der Waals surface area (Å²) in [5.74, 6) is 0. The molecule has 0 aromatic carbocycles. The summed E-state index contributed by atoms with van der Waals surface area (Å²) in [4.78, 5) is 6.46. The lowest BCUT2D eigenvalue weighted by Crippen LogP contribution is -2.27. The van der Waals surface area contributed by atoms with Gasteiger partial charge in [-0.15, -0.1) is 0 Å². The van der Waals surface area contributed by atoms with Gasteiger partial charge in [0, 0.05) is 11.8 Å². The summed E-state index contributed by atoms with van der Waals surface area (Å²) in [5.41, 5.74) is 1.26. The third-order valence-corrected chi connectivity index (χ3v) is 1.81. The maximum atomic E-state index is 4.24. The number of rotatable bonds is 0. The van der Waals surface area contributed by atoms with E-state index in [0.29, 0.717) is 6.04 Å². The predicted octanol–water partition coefficient (Wildman–Crippen LogP) is 0.739. The number of nitrogens with zero attached hydrogens (tertiary/aromatic N) is 2. The molecule has 0 bridgehead atoms. The van der Waals surface area contributed by atoms with Crippen LogP contribution in [0.5, 0.6) is 0 Å². The van der Waals surface area contributed by atoms with Gasteiger partial charge in [-0.25, -0.2) is 0 Å². The van der Waals surface area contributed by atoms with Gasteiger partial charge in [-0.3, -0.25) is 9.89 Å². The van der Waals surface area contributed by atoms with Crippen LogP contribution in [0.2, 0.25) is 0 Å². The van der Waals surface area contributed by atoms with E-state index in [9.17, 15) is 0 Å². The topological polar surface area (TPSA) is 15.6 Å². The van der Waals surface area contributed by atoms with Crippen LogP contribution >= 0.6 is 0 Å². The molecule has 0 N–H and O–H groups in total. The highest BCUT2D eigenvalue weighted by atomic mass is 15.2. The lowest BCUT2D eigenvalue weighted by Gasteiger charge is -2.12. The van der Waals surface area contributed by atoms with E-state index in [0.717, 1.165) is 6.67 Å². The van der Waals surface area contributed by atoms with Gasteiger partial charge in [-0.05, 0) is 20.9 Å². The summed E-state index contributed by atoms with van der Waals surface area (Å²) >= 11 is 0. The third-order valence-electron chi connectivity index (χ3n) is 1.81. The first kappa shape index (κ1) is 5.76. The number of hydrogen-bond acceptors (Lipinski definition) is 2. The Balaban J connectivity index is 2.59. The zero-order chi connectivity index (χ0) is 6.15. The molecule has 1 aliphatic heterocycles. The molecule has 0 fully saturated rings. The van der Waals surface area contributed by atoms with E-state index >= 15 is 0 Å². The van der Waals surface area contributed by atoms with Crippen molar-refractivity contribution in [1.29, 1.82) is 0 Å². The quantitative estimate of drug-likeness (QED) is 0.451. The Kier molecular flexibility index (Phi) is 1.34. The van der Waals surface area contributed by atoms with Crippen LogP contribution in [0.1, 0.15) is 13.8 Å². The van der Waals surface area contributed by atoms with Gasteiger partial charge in [0.25, 0.3) is 0 Å². The summed E-state index contributed by atoms with van der Waals surface area (Å²) in [7, 11) is 2.09. The van der Waals surface area contributed by atoms with Crippen LogP contribution in [-0.2, 0) is 0 Å². The summed E-state index contributed by atoms with van der Waals surface area (Å²) in [5, 5.41) is 0. The van der Waals surface area contributed by atoms with Crippen molar-refractivity contribution >= 4 is 5.71 Å². The van der Waals surface area contributed by atoms with E-state index in [4.69, 9.17) is 0 Å². The molecule has 0 aromatic rings. The Morgan fingerprint density at radius 1 is 1.75 bits per heavy atom. The second-order valence-electron chi connectivity index (χ2n) is 2.37. The van der Waals surface area contributed by atoms with Crippen LogP contribution in [0.15, 0.2) is 4.99 Å². The van der Waals surface area contributed by atoms with Crippen molar-refractivity contribution in [3.05, 3.63) is 0 Å². The molecule has 1 rings (SSSR count). The van der Waals surface area contributed by atoms with Crippen molar-refractivity contribution in [3.8, 4) is 0 Å². The normalized spacial score (nSPS) is 30.9. The molecule has 0 aliphatic carbocycles. The Morgan fingerprint density at radius 3 is 2.50 bits per heavy atom. The van der Waals surface area contributed by atoms with Gasteiger partial charge >= 0.3 is 0 Å². The van der Waals surface area contributed by atoms with Gasteiger partial charge in [0.05, 0.1) is 6.67 Å². The van der Waals surface area contributed by atoms with Crippen LogP contribution < -0.4 is 0 Å². The minimum absolute atomic E-state index is 0.565. The monoisotopic (exact) mass is 112 g/mol.